The predicted molar refractivity (Wildman–Crippen MR) is 112 cm³/mol. The van der Waals surface area contributed by atoms with Crippen LogP contribution in [0.15, 0.2) is 83.8 Å². The maximum absolute atomic E-state index is 12.8. The maximum atomic E-state index is 12.8. The first-order valence-electron chi connectivity index (χ1n) is 8.62. The predicted octanol–water partition coefficient (Wildman–Crippen LogP) is 4.03. The second-order valence-electron chi connectivity index (χ2n) is 6.10. The van der Waals surface area contributed by atoms with Crippen molar-refractivity contribution in [3.63, 3.8) is 0 Å². The zero-order valence-electron chi connectivity index (χ0n) is 15.5. The van der Waals surface area contributed by atoms with E-state index in [0.717, 1.165) is 4.31 Å². The van der Waals surface area contributed by atoms with Gasteiger partial charge in [-0.1, -0.05) is 24.3 Å². The van der Waals surface area contributed by atoms with E-state index in [0.29, 0.717) is 17.1 Å². The van der Waals surface area contributed by atoms with E-state index < -0.39 is 16.1 Å². The van der Waals surface area contributed by atoms with Gasteiger partial charge in [-0.05, 0) is 54.6 Å². The number of urea groups is 1. The first-order chi connectivity index (χ1) is 13.9. The number of benzene rings is 3. The Labute approximate surface area is 169 Å². The Balaban J connectivity index is 1.72. The first-order valence-corrected chi connectivity index (χ1v) is 10.1. The van der Waals surface area contributed by atoms with E-state index in [2.05, 4.69) is 10.6 Å². The number of hydrogen-bond donors (Lipinski definition) is 2. The monoisotopic (exact) mass is 406 g/mol. The van der Waals surface area contributed by atoms with Crippen molar-refractivity contribution in [1.29, 1.82) is 5.26 Å². The minimum absolute atomic E-state index is 0.0310. The molecular weight excluding hydrogens is 388 g/mol. The van der Waals surface area contributed by atoms with Gasteiger partial charge in [0.2, 0.25) is 0 Å². The van der Waals surface area contributed by atoms with Crippen LogP contribution in [0.4, 0.5) is 21.9 Å². The van der Waals surface area contributed by atoms with Crippen molar-refractivity contribution in [3.8, 4) is 6.07 Å². The molecule has 0 spiro atoms. The minimum Gasteiger partial charge on any atom is -0.308 e. The summed E-state index contributed by atoms with van der Waals surface area (Å²) in [6.07, 6.45) is 0. The zero-order chi connectivity index (χ0) is 20.9. The fourth-order valence-corrected chi connectivity index (χ4v) is 3.83. The summed E-state index contributed by atoms with van der Waals surface area (Å²) in [6, 6.07) is 22.8. The highest BCUT2D eigenvalue weighted by molar-refractivity contribution is 7.92. The van der Waals surface area contributed by atoms with Crippen molar-refractivity contribution in [2.75, 3.05) is 22.0 Å². The van der Waals surface area contributed by atoms with Gasteiger partial charge < -0.3 is 10.6 Å². The summed E-state index contributed by atoms with van der Waals surface area (Å²) in [4.78, 5) is 12.1. The van der Waals surface area contributed by atoms with E-state index in [1.54, 1.807) is 42.5 Å². The van der Waals surface area contributed by atoms with Crippen LogP contribution in [0.2, 0.25) is 0 Å². The van der Waals surface area contributed by atoms with Crippen LogP contribution in [0.3, 0.4) is 0 Å². The second-order valence-corrected chi connectivity index (χ2v) is 8.07. The summed E-state index contributed by atoms with van der Waals surface area (Å²) in [6.45, 7) is 0. The lowest BCUT2D eigenvalue weighted by molar-refractivity contribution is 0.262. The molecule has 2 amide bonds. The van der Waals surface area contributed by atoms with Crippen molar-refractivity contribution in [3.05, 3.63) is 84.4 Å². The van der Waals surface area contributed by atoms with Crippen LogP contribution in [-0.2, 0) is 10.0 Å². The minimum atomic E-state index is -3.82. The molecule has 29 heavy (non-hydrogen) atoms. The number of nitriles is 1. The average molecular weight is 406 g/mol. The van der Waals surface area contributed by atoms with E-state index in [1.165, 1.54) is 25.2 Å². The molecule has 3 aromatic rings. The third kappa shape index (κ3) is 4.72. The molecule has 2 N–H and O–H groups in total. The molecule has 0 unspecified atom stereocenters. The zero-order valence-corrected chi connectivity index (χ0v) is 16.3. The highest BCUT2D eigenvalue weighted by Crippen LogP contribution is 2.24. The highest BCUT2D eigenvalue weighted by atomic mass is 32.2. The number of rotatable bonds is 5. The van der Waals surface area contributed by atoms with Gasteiger partial charge in [-0.15, -0.1) is 0 Å². The molecule has 0 saturated heterocycles. The van der Waals surface area contributed by atoms with Crippen LogP contribution >= 0.6 is 0 Å². The quantitative estimate of drug-likeness (QED) is 0.668. The molecule has 0 aliphatic rings. The lowest BCUT2D eigenvalue weighted by Gasteiger charge is -2.20. The molecule has 0 radical (unpaired) electrons. The number of amides is 2. The number of carbonyl (C=O) groups excluding carboxylic acids is 1. The molecule has 0 aromatic heterocycles. The number of sulfonamides is 1. The van der Waals surface area contributed by atoms with Crippen LogP contribution in [0.25, 0.3) is 0 Å². The molecule has 7 nitrogen and oxygen atoms in total. The summed E-state index contributed by atoms with van der Waals surface area (Å²) in [5, 5.41) is 14.4. The average Bonchev–Trinajstić information content (AvgIpc) is 2.74. The third-order valence-corrected chi connectivity index (χ3v) is 5.92. The lowest BCUT2D eigenvalue weighted by atomic mass is 10.2. The van der Waals surface area contributed by atoms with E-state index in [-0.39, 0.29) is 10.5 Å². The molecule has 0 saturated carbocycles. The molecular formula is C21H18N4O3S. The third-order valence-electron chi connectivity index (χ3n) is 4.14. The van der Waals surface area contributed by atoms with Crippen molar-refractivity contribution in [2.24, 2.45) is 0 Å². The number of anilines is 3. The van der Waals surface area contributed by atoms with Gasteiger partial charge in [0.1, 0.15) is 0 Å². The van der Waals surface area contributed by atoms with Crippen molar-refractivity contribution < 1.29 is 13.2 Å². The number of para-hydroxylation sites is 1. The van der Waals surface area contributed by atoms with Crippen LogP contribution in [0.5, 0.6) is 0 Å². The van der Waals surface area contributed by atoms with Crippen LogP contribution in [-0.4, -0.2) is 21.5 Å². The smallest absolute Gasteiger partial charge is 0.308 e. The summed E-state index contributed by atoms with van der Waals surface area (Å²) in [5.41, 5.74) is 1.86. The molecule has 3 rings (SSSR count). The van der Waals surface area contributed by atoms with E-state index in [1.807, 2.05) is 24.3 Å². The van der Waals surface area contributed by atoms with Gasteiger partial charge in [0.25, 0.3) is 10.0 Å². The number of hydrogen-bond acceptors (Lipinski definition) is 4. The Hall–Kier alpha value is -3.83. The van der Waals surface area contributed by atoms with Gasteiger partial charge in [0.05, 0.1) is 22.2 Å². The molecule has 0 fully saturated rings. The first kappa shape index (κ1) is 19.9. The molecule has 3 aromatic carbocycles. The van der Waals surface area contributed by atoms with Gasteiger partial charge in [0, 0.05) is 18.4 Å². The van der Waals surface area contributed by atoms with E-state index in [9.17, 15) is 13.2 Å². The van der Waals surface area contributed by atoms with Crippen molar-refractivity contribution >= 4 is 33.1 Å². The number of nitrogens with one attached hydrogen (secondary N) is 2. The van der Waals surface area contributed by atoms with Gasteiger partial charge >= 0.3 is 6.03 Å². The highest BCUT2D eigenvalue weighted by Gasteiger charge is 2.21. The summed E-state index contributed by atoms with van der Waals surface area (Å²) in [7, 11) is -2.39. The van der Waals surface area contributed by atoms with Crippen LogP contribution < -0.4 is 14.9 Å². The Bertz CT molecular complexity index is 1150. The summed E-state index contributed by atoms with van der Waals surface area (Å²) in [5.74, 6) is 0. The Morgan fingerprint density at radius 1 is 0.897 bits per heavy atom. The molecule has 146 valence electrons. The molecule has 8 heteroatoms. The molecule has 0 aliphatic carbocycles. The Morgan fingerprint density at radius 2 is 1.52 bits per heavy atom. The molecule has 0 heterocycles. The number of nitrogens with zero attached hydrogens (tertiary/aromatic N) is 2. The molecule has 0 atom stereocenters. The van der Waals surface area contributed by atoms with Crippen molar-refractivity contribution in [1.82, 2.24) is 0 Å². The SMILES string of the molecule is CN(c1ccc(NC(=O)Nc2ccccc2)cc1)S(=O)(=O)c1cccc(C#N)c1. The molecule has 0 bridgehead atoms. The summed E-state index contributed by atoms with van der Waals surface area (Å²) < 4.78 is 26.7. The normalized spacial score (nSPS) is 10.6. The van der Waals surface area contributed by atoms with Crippen LogP contribution in [0, 0.1) is 11.3 Å². The number of carbonyl (C=O) groups is 1. The van der Waals surface area contributed by atoms with E-state index >= 15 is 0 Å². The van der Waals surface area contributed by atoms with Gasteiger partial charge in [-0.2, -0.15) is 5.26 Å². The second kappa shape index (κ2) is 8.46. The van der Waals surface area contributed by atoms with Gasteiger partial charge in [0.15, 0.2) is 0 Å². The lowest BCUT2D eigenvalue weighted by Crippen LogP contribution is -2.26. The molecule has 0 aliphatic heterocycles. The maximum Gasteiger partial charge on any atom is 0.323 e. The Kier molecular flexibility index (Phi) is 5.81. The topological polar surface area (TPSA) is 102 Å². The largest absolute Gasteiger partial charge is 0.323 e. The van der Waals surface area contributed by atoms with Crippen molar-refractivity contribution in [2.45, 2.75) is 4.90 Å². The van der Waals surface area contributed by atoms with Gasteiger partial charge in [-0.3, -0.25) is 4.31 Å². The van der Waals surface area contributed by atoms with Gasteiger partial charge in [-0.25, -0.2) is 13.2 Å². The summed E-state index contributed by atoms with van der Waals surface area (Å²) >= 11 is 0. The fraction of sp³-hybridized carbons (Fsp3) is 0.0476. The van der Waals surface area contributed by atoms with Crippen LogP contribution in [0.1, 0.15) is 5.56 Å². The Morgan fingerprint density at radius 3 is 2.14 bits per heavy atom. The standard InChI is InChI=1S/C21H18N4O3S/c1-25(29(27,28)20-9-5-6-16(14-20)15-22)19-12-10-18(11-13-19)24-21(26)23-17-7-3-2-4-8-17/h2-14H,1H3,(H2,23,24,26). The van der Waals surface area contributed by atoms with E-state index in [4.69, 9.17) is 5.26 Å². The fourth-order valence-electron chi connectivity index (χ4n) is 2.59.